The molecule has 0 radical (unpaired) electrons. The summed E-state index contributed by atoms with van der Waals surface area (Å²) in [6, 6.07) is 8.87. The van der Waals surface area contributed by atoms with Gasteiger partial charge in [-0.1, -0.05) is 55.8 Å². The van der Waals surface area contributed by atoms with E-state index in [2.05, 4.69) is 49.4 Å². The SMILES string of the molecule is CCCCc1ccccc1C1=CC=CCC1. The van der Waals surface area contributed by atoms with Crippen LogP contribution < -0.4 is 0 Å². The van der Waals surface area contributed by atoms with Gasteiger partial charge in [-0.3, -0.25) is 0 Å². The predicted molar refractivity (Wildman–Crippen MR) is 71.4 cm³/mol. The van der Waals surface area contributed by atoms with E-state index in [1.807, 2.05) is 0 Å². The zero-order valence-corrected chi connectivity index (χ0v) is 10.1. The Morgan fingerprint density at radius 2 is 2.06 bits per heavy atom. The first-order valence-electron chi connectivity index (χ1n) is 6.36. The van der Waals surface area contributed by atoms with Crippen molar-refractivity contribution < 1.29 is 0 Å². The monoisotopic (exact) mass is 212 g/mol. The summed E-state index contributed by atoms with van der Waals surface area (Å²) in [5, 5.41) is 0. The Labute approximate surface area is 98.7 Å². The van der Waals surface area contributed by atoms with E-state index in [4.69, 9.17) is 0 Å². The molecule has 0 N–H and O–H groups in total. The number of allylic oxidation sites excluding steroid dienone is 4. The molecule has 0 atom stereocenters. The molecule has 16 heavy (non-hydrogen) atoms. The molecule has 2 rings (SSSR count). The third-order valence-corrected chi connectivity index (χ3v) is 3.18. The molecule has 0 aromatic heterocycles. The van der Waals surface area contributed by atoms with Crippen molar-refractivity contribution in [3.63, 3.8) is 0 Å². The average molecular weight is 212 g/mol. The summed E-state index contributed by atoms with van der Waals surface area (Å²) in [5.74, 6) is 0. The van der Waals surface area contributed by atoms with Crippen LogP contribution in [0.2, 0.25) is 0 Å². The van der Waals surface area contributed by atoms with E-state index in [0.29, 0.717) is 0 Å². The van der Waals surface area contributed by atoms with E-state index < -0.39 is 0 Å². The van der Waals surface area contributed by atoms with Gasteiger partial charge >= 0.3 is 0 Å². The van der Waals surface area contributed by atoms with Gasteiger partial charge in [0.1, 0.15) is 0 Å². The van der Waals surface area contributed by atoms with Gasteiger partial charge in [-0.25, -0.2) is 0 Å². The molecule has 1 aliphatic rings. The number of hydrogen-bond acceptors (Lipinski definition) is 0. The summed E-state index contributed by atoms with van der Waals surface area (Å²) in [7, 11) is 0. The summed E-state index contributed by atoms with van der Waals surface area (Å²) in [4.78, 5) is 0. The average Bonchev–Trinajstić information content (AvgIpc) is 2.38. The van der Waals surface area contributed by atoms with Crippen LogP contribution in [0.5, 0.6) is 0 Å². The molecular formula is C16H20. The first-order valence-corrected chi connectivity index (χ1v) is 6.36. The molecule has 0 heteroatoms. The Bertz CT molecular complexity index is 396. The summed E-state index contributed by atoms with van der Waals surface area (Å²) < 4.78 is 0. The fraction of sp³-hybridized carbons (Fsp3) is 0.375. The van der Waals surface area contributed by atoms with Crippen molar-refractivity contribution >= 4 is 5.57 Å². The van der Waals surface area contributed by atoms with Crippen LogP contribution >= 0.6 is 0 Å². The number of aryl methyl sites for hydroxylation is 1. The van der Waals surface area contributed by atoms with Gasteiger partial charge in [-0.2, -0.15) is 0 Å². The molecule has 1 aliphatic carbocycles. The second kappa shape index (κ2) is 5.69. The van der Waals surface area contributed by atoms with E-state index >= 15 is 0 Å². The molecule has 0 heterocycles. The zero-order chi connectivity index (χ0) is 11.2. The van der Waals surface area contributed by atoms with Gasteiger partial charge in [0.2, 0.25) is 0 Å². The molecule has 84 valence electrons. The minimum absolute atomic E-state index is 1.19. The van der Waals surface area contributed by atoms with E-state index in [0.717, 1.165) is 0 Å². The first kappa shape index (κ1) is 11.2. The second-order valence-corrected chi connectivity index (χ2v) is 4.42. The lowest BCUT2D eigenvalue weighted by Crippen LogP contribution is -1.95. The third kappa shape index (κ3) is 2.63. The minimum atomic E-state index is 1.19. The molecule has 0 fully saturated rings. The molecule has 0 nitrogen and oxygen atoms in total. The second-order valence-electron chi connectivity index (χ2n) is 4.42. The van der Waals surface area contributed by atoms with Crippen molar-refractivity contribution in [3.8, 4) is 0 Å². The highest BCUT2D eigenvalue weighted by Gasteiger charge is 2.07. The quantitative estimate of drug-likeness (QED) is 0.675. The fourth-order valence-electron chi connectivity index (χ4n) is 2.25. The summed E-state index contributed by atoms with van der Waals surface area (Å²) in [6.07, 6.45) is 12.9. The number of rotatable bonds is 4. The van der Waals surface area contributed by atoms with Crippen molar-refractivity contribution in [1.29, 1.82) is 0 Å². The Morgan fingerprint density at radius 1 is 1.19 bits per heavy atom. The third-order valence-electron chi connectivity index (χ3n) is 3.18. The van der Waals surface area contributed by atoms with E-state index in [-0.39, 0.29) is 0 Å². The van der Waals surface area contributed by atoms with Crippen LogP contribution in [0.4, 0.5) is 0 Å². The van der Waals surface area contributed by atoms with Crippen molar-refractivity contribution in [2.75, 3.05) is 0 Å². The lowest BCUT2D eigenvalue weighted by atomic mass is 9.91. The topological polar surface area (TPSA) is 0 Å². The van der Waals surface area contributed by atoms with Gasteiger partial charge in [0.25, 0.3) is 0 Å². The largest absolute Gasteiger partial charge is 0.0842 e. The van der Waals surface area contributed by atoms with Gasteiger partial charge in [0, 0.05) is 0 Å². The smallest absolute Gasteiger partial charge is 0.0192 e. The molecular weight excluding hydrogens is 192 g/mol. The van der Waals surface area contributed by atoms with Crippen LogP contribution in [0.3, 0.4) is 0 Å². The van der Waals surface area contributed by atoms with Gasteiger partial charge in [0.05, 0.1) is 0 Å². The molecule has 0 bridgehead atoms. The fourth-order valence-corrected chi connectivity index (χ4v) is 2.25. The standard InChI is InChI=1S/C16H20/c1-2-3-9-14-12-7-8-13-16(14)15-10-5-4-6-11-15/h4-5,7-8,10,12-13H,2-3,6,9,11H2,1H3. The maximum absolute atomic E-state index is 2.28. The molecule has 1 aromatic rings. The van der Waals surface area contributed by atoms with Crippen molar-refractivity contribution in [2.24, 2.45) is 0 Å². The van der Waals surface area contributed by atoms with Crippen LogP contribution in [0.25, 0.3) is 5.57 Å². The Kier molecular flexibility index (Phi) is 3.98. The molecule has 0 unspecified atom stereocenters. The highest BCUT2D eigenvalue weighted by atomic mass is 14.1. The lowest BCUT2D eigenvalue weighted by molar-refractivity contribution is 0.793. The van der Waals surface area contributed by atoms with E-state index in [1.165, 1.54) is 48.8 Å². The Hall–Kier alpha value is -1.30. The molecule has 0 amide bonds. The van der Waals surface area contributed by atoms with Crippen LogP contribution in [-0.4, -0.2) is 0 Å². The van der Waals surface area contributed by atoms with Gasteiger partial charge in [-0.05, 0) is 42.4 Å². The molecule has 0 spiro atoms. The summed E-state index contributed by atoms with van der Waals surface area (Å²) in [6.45, 7) is 2.26. The lowest BCUT2D eigenvalue weighted by Gasteiger charge is -2.14. The van der Waals surface area contributed by atoms with E-state index in [1.54, 1.807) is 0 Å². The number of benzene rings is 1. The van der Waals surface area contributed by atoms with Crippen LogP contribution in [-0.2, 0) is 6.42 Å². The highest BCUT2D eigenvalue weighted by molar-refractivity contribution is 5.70. The first-order chi connectivity index (χ1) is 7.92. The normalized spacial score (nSPS) is 14.9. The van der Waals surface area contributed by atoms with Crippen molar-refractivity contribution in [2.45, 2.75) is 39.0 Å². The minimum Gasteiger partial charge on any atom is -0.0842 e. The maximum atomic E-state index is 2.28. The number of hydrogen-bond donors (Lipinski definition) is 0. The van der Waals surface area contributed by atoms with Crippen molar-refractivity contribution in [3.05, 3.63) is 53.6 Å². The van der Waals surface area contributed by atoms with Crippen molar-refractivity contribution in [1.82, 2.24) is 0 Å². The molecule has 0 saturated heterocycles. The molecule has 0 aliphatic heterocycles. The maximum Gasteiger partial charge on any atom is -0.0192 e. The van der Waals surface area contributed by atoms with Gasteiger partial charge in [0.15, 0.2) is 0 Å². The molecule has 0 saturated carbocycles. The summed E-state index contributed by atoms with van der Waals surface area (Å²) in [5.41, 5.74) is 4.50. The van der Waals surface area contributed by atoms with Gasteiger partial charge in [-0.15, -0.1) is 0 Å². The predicted octanol–water partition coefficient (Wildman–Crippen LogP) is 4.76. The Balaban J connectivity index is 2.25. The number of unbranched alkanes of at least 4 members (excludes halogenated alkanes) is 1. The highest BCUT2D eigenvalue weighted by Crippen LogP contribution is 2.27. The van der Waals surface area contributed by atoms with Crippen LogP contribution in [0.15, 0.2) is 42.5 Å². The summed E-state index contributed by atoms with van der Waals surface area (Å²) >= 11 is 0. The van der Waals surface area contributed by atoms with Crippen LogP contribution in [0.1, 0.15) is 43.7 Å². The zero-order valence-electron chi connectivity index (χ0n) is 10.1. The van der Waals surface area contributed by atoms with Crippen LogP contribution in [0, 0.1) is 0 Å². The van der Waals surface area contributed by atoms with E-state index in [9.17, 15) is 0 Å². The molecule has 1 aromatic carbocycles. The van der Waals surface area contributed by atoms with Gasteiger partial charge < -0.3 is 0 Å². The Morgan fingerprint density at radius 3 is 2.81 bits per heavy atom.